The average Bonchev–Trinajstić information content (AvgIpc) is 2.75. The lowest BCUT2D eigenvalue weighted by Crippen LogP contribution is -2.46. The van der Waals surface area contributed by atoms with Crippen LogP contribution in [0.1, 0.15) is 18.4 Å². The monoisotopic (exact) mass is 454 g/mol. The molecular weight excluding hydrogens is 432 g/mol. The minimum atomic E-state index is -0.775. The summed E-state index contributed by atoms with van der Waals surface area (Å²) in [6.07, 6.45) is 3.78. The lowest BCUT2D eigenvalue weighted by molar-refractivity contribution is -0.114. The molecule has 6 N–H and O–H groups in total. The normalized spacial score (nSPS) is 16.8. The molecule has 0 saturated carbocycles. The van der Waals surface area contributed by atoms with Crippen molar-refractivity contribution in [2.75, 3.05) is 13.1 Å². The van der Waals surface area contributed by atoms with Crippen molar-refractivity contribution >= 4 is 35.0 Å². The third-order valence-electron chi connectivity index (χ3n) is 4.88. The molecule has 1 unspecified atom stereocenters. The van der Waals surface area contributed by atoms with Crippen molar-refractivity contribution in [2.24, 2.45) is 11.5 Å². The van der Waals surface area contributed by atoms with Crippen LogP contribution in [0.25, 0.3) is 0 Å². The van der Waals surface area contributed by atoms with Crippen LogP contribution in [0.5, 0.6) is 0 Å². The summed E-state index contributed by atoms with van der Waals surface area (Å²) in [4.78, 5) is 15.7. The van der Waals surface area contributed by atoms with E-state index in [0.29, 0.717) is 23.7 Å². The number of carbonyl (C=O) groups excluding carboxylic acids is 1. The zero-order chi connectivity index (χ0) is 22.4. The van der Waals surface area contributed by atoms with Gasteiger partial charge in [-0.2, -0.15) is 5.26 Å². The third-order valence-corrected chi connectivity index (χ3v) is 6.15. The molecule has 7 nitrogen and oxygen atoms in total. The van der Waals surface area contributed by atoms with Crippen LogP contribution in [0.15, 0.2) is 69.7 Å². The van der Waals surface area contributed by atoms with E-state index in [1.807, 2.05) is 36.4 Å². The summed E-state index contributed by atoms with van der Waals surface area (Å²) in [5.74, 6) is -0.718. The Balaban J connectivity index is 1.74. The van der Waals surface area contributed by atoms with Gasteiger partial charge in [0, 0.05) is 39.5 Å². The molecule has 1 saturated heterocycles. The Morgan fingerprint density at radius 2 is 1.77 bits per heavy atom. The SMILES string of the molecule is N#CN1CCCC(N/C(N)=C(\C(=N)c2ccc(Sc3ccc(Cl)cc3)cc2)C(N)=O)C1. The van der Waals surface area contributed by atoms with E-state index < -0.39 is 5.91 Å². The molecule has 1 amide bonds. The van der Waals surface area contributed by atoms with Gasteiger partial charge in [-0.3, -0.25) is 10.2 Å². The van der Waals surface area contributed by atoms with Crippen molar-refractivity contribution < 1.29 is 4.79 Å². The number of amides is 1. The molecule has 9 heteroatoms. The molecule has 1 aliphatic heterocycles. The Kier molecular flexibility index (Phi) is 7.45. The van der Waals surface area contributed by atoms with E-state index >= 15 is 0 Å². The first-order valence-corrected chi connectivity index (χ1v) is 10.9. The Bertz CT molecular complexity index is 1030. The van der Waals surface area contributed by atoms with Gasteiger partial charge in [0.2, 0.25) is 0 Å². The molecule has 0 bridgehead atoms. The summed E-state index contributed by atoms with van der Waals surface area (Å²) in [6, 6.07) is 14.7. The second kappa shape index (κ2) is 10.2. The highest BCUT2D eigenvalue weighted by Gasteiger charge is 2.23. The van der Waals surface area contributed by atoms with Gasteiger partial charge in [0.15, 0.2) is 6.19 Å². The number of hydrogen-bond acceptors (Lipinski definition) is 7. The molecule has 160 valence electrons. The van der Waals surface area contributed by atoms with Crippen molar-refractivity contribution in [3.63, 3.8) is 0 Å². The van der Waals surface area contributed by atoms with E-state index in [4.69, 9.17) is 33.7 Å². The molecule has 0 aliphatic carbocycles. The average molecular weight is 455 g/mol. The Labute approximate surface area is 190 Å². The summed E-state index contributed by atoms with van der Waals surface area (Å²) in [7, 11) is 0. The van der Waals surface area contributed by atoms with E-state index in [9.17, 15) is 4.79 Å². The van der Waals surface area contributed by atoms with Gasteiger partial charge >= 0.3 is 0 Å². The minimum Gasteiger partial charge on any atom is -0.385 e. The number of piperidine rings is 1. The van der Waals surface area contributed by atoms with Gasteiger partial charge in [-0.25, -0.2) is 0 Å². The van der Waals surface area contributed by atoms with Crippen molar-refractivity contribution in [3.05, 3.63) is 70.5 Å². The number of halogens is 1. The summed E-state index contributed by atoms with van der Waals surface area (Å²) < 4.78 is 0. The number of nitrogens with one attached hydrogen (secondary N) is 2. The van der Waals surface area contributed by atoms with Crippen molar-refractivity contribution in [2.45, 2.75) is 28.7 Å². The first kappa shape index (κ1) is 22.5. The fourth-order valence-electron chi connectivity index (χ4n) is 3.34. The van der Waals surface area contributed by atoms with Gasteiger partial charge in [0.1, 0.15) is 11.4 Å². The van der Waals surface area contributed by atoms with Gasteiger partial charge in [-0.15, -0.1) is 0 Å². The maximum Gasteiger partial charge on any atom is 0.254 e. The van der Waals surface area contributed by atoms with Crippen LogP contribution in [0.4, 0.5) is 0 Å². The Morgan fingerprint density at radius 3 is 2.35 bits per heavy atom. The van der Waals surface area contributed by atoms with E-state index in [1.54, 1.807) is 28.8 Å². The topological polar surface area (TPSA) is 132 Å². The summed E-state index contributed by atoms with van der Waals surface area (Å²) >= 11 is 7.48. The van der Waals surface area contributed by atoms with Crippen LogP contribution in [-0.4, -0.2) is 35.7 Å². The molecular formula is C22H23ClN6OS. The molecule has 0 spiro atoms. The van der Waals surface area contributed by atoms with Crippen LogP contribution in [0, 0.1) is 16.9 Å². The van der Waals surface area contributed by atoms with Gasteiger partial charge < -0.3 is 21.7 Å². The highest BCUT2D eigenvalue weighted by molar-refractivity contribution is 7.99. The molecule has 1 atom stereocenters. The number of primary amides is 1. The fourth-order valence-corrected chi connectivity index (χ4v) is 4.28. The molecule has 0 aromatic heterocycles. The smallest absolute Gasteiger partial charge is 0.254 e. The molecule has 2 aromatic rings. The number of carbonyl (C=O) groups is 1. The van der Waals surface area contributed by atoms with Crippen LogP contribution >= 0.6 is 23.4 Å². The maximum absolute atomic E-state index is 12.1. The number of nitriles is 1. The number of rotatable bonds is 7. The molecule has 1 fully saturated rings. The highest BCUT2D eigenvalue weighted by Crippen LogP contribution is 2.29. The zero-order valence-electron chi connectivity index (χ0n) is 16.8. The fraction of sp³-hybridized carbons (Fsp3) is 0.227. The largest absolute Gasteiger partial charge is 0.385 e. The maximum atomic E-state index is 12.1. The molecule has 2 aromatic carbocycles. The van der Waals surface area contributed by atoms with Crippen molar-refractivity contribution in [1.29, 1.82) is 10.7 Å². The molecule has 31 heavy (non-hydrogen) atoms. The number of benzene rings is 2. The lowest BCUT2D eigenvalue weighted by atomic mass is 10.0. The van der Waals surface area contributed by atoms with Gasteiger partial charge in [0.05, 0.1) is 5.71 Å². The number of nitrogens with two attached hydrogens (primary N) is 2. The summed E-state index contributed by atoms with van der Waals surface area (Å²) in [5, 5.41) is 21.3. The van der Waals surface area contributed by atoms with Crippen LogP contribution in [0.2, 0.25) is 5.02 Å². The molecule has 1 heterocycles. The molecule has 1 aliphatic rings. The molecule has 0 radical (unpaired) electrons. The number of nitrogens with zero attached hydrogens (tertiary/aromatic N) is 2. The van der Waals surface area contributed by atoms with E-state index in [2.05, 4.69) is 11.5 Å². The van der Waals surface area contributed by atoms with E-state index in [0.717, 1.165) is 22.6 Å². The Hall–Kier alpha value is -3.15. The standard InChI is InChI=1S/C22H23ClN6OS/c23-15-5-9-18(10-6-15)31-17-7-3-14(4-8-17)20(25)19(22(27)30)21(26)28-16-2-1-11-29(12-16)13-24/h3-10,16,25,28H,1-2,11-12,26H2,(H2,27,30)/b21-19+,25-20?. The Morgan fingerprint density at radius 1 is 1.16 bits per heavy atom. The second-order valence-electron chi connectivity index (χ2n) is 7.14. The summed E-state index contributed by atoms with van der Waals surface area (Å²) in [5.41, 5.74) is 12.1. The van der Waals surface area contributed by atoms with E-state index in [-0.39, 0.29) is 23.1 Å². The van der Waals surface area contributed by atoms with Crippen molar-refractivity contribution in [3.8, 4) is 6.19 Å². The van der Waals surface area contributed by atoms with Crippen molar-refractivity contribution in [1.82, 2.24) is 10.2 Å². The lowest BCUT2D eigenvalue weighted by Gasteiger charge is -2.30. The third kappa shape index (κ3) is 5.94. The zero-order valence-corrected chi connectivity index (χ0v) is 18.3. The summed E-state index contributed by atoms with van der Waals surface area (Å²) in [6.45, 7) is 1.20. The van der Waals surface area contributed by atoms with Gasteiger partial charge in [-0.1, -0.05) is 35.5 Å². The predicted octanol–water partition coefficient (Wildman–Crippen LogP) is 3.05. The van der Waals surface area contributed by atoms with Gasteiger partial charge in [-0.05, 0) is 49.2 Å². The van der Waals surface area contributed by atoms with Crippen LogP contribution < -0.4 is 16.8 Å². The van der Waals surface area contributed by atoms with Crippen LogP contribution in [0.3, 0.4) is 0 Å². The molecule has 3 rings (SSSR count). The predicted molar refractivity (Wildman–Crippen MR) is 123 cm³/mol. The first-order valence-electron chi connectivity index (χ1n) is 9.71. The second-order valence-corrected chi connectivity index (χ2v) is 8.72. The van der Waals surface area contributed by atoms with E-state index in [1.165, 1.54) is 0 Å². The quantitative estimate of drug-likeness (QED) is 0.289. The number of likely N-dealkylation sites (tertiary alicyclic amines) is 1. The number of hydrogen-bond donors (Lipinski definition) is 4. The highest BCUT2D eigenvalue weighted by atomic mass is 35.5. The van der Waals surface area contributed by atoms with Crippen LogP contribution in [-0.2, 0) is 4.79 Å². The first-order chi connectivity index (χ1) is 14.9. The minimum absolute atomic E-state index is 0.0477. The van der Waals surface area contributed by atoms with Gasteiger partial charge in [0.25, 0.3) is 5.91 Å².